The number of methoxy groups -OCH3 is 1. The van der Waals surface area contributed by atoms with Crippen LogP contribution < -0.4 is 14.8 Å². The molecule has 166 valence electrons. The van der Waals surface area contributed by atoms with Crippen LogP contribution in [0.5, 0.6) is 11.5 Å². The van der Waals surface area contributed by atoms with Gasteiger partial charge in [0, 0.05) is 19.6 Å². The Labute approximate surface area is 183 Å². The first-order chi connectivity index (χ1) is 15.1. The second kappa shape index (κ2) is 11.4. The fraction of sp³-hybridized carbons (Fsp3) is 0.417. The summed E-state index contributed by atoms with van der Waals surface area (Å²) < 4.78 is 10.7. The number of ether oxygens (including phenoxy) is 2. The van der Waals surface area contributed by atoms with E-state index in [1.807, 2.05) is 30.3 Å². The van der Waals surface area contributed by atoms with Crippen LogP contribution in [0.4, 0.5) is 0 Å². The minimum atomic E-state index is -0.800. The number of carbonyl (C=O) groups is 2. The largest absolute Gasteiger partial charge is 0.497 e. The molecule has 2 N–H and O–H groups in total. The van der Waals surface area contributed by atoms with Crippen LogP contribution in [0.2, 0.25) is 0 Å². The number of rotatable bonds is 9. The van der Waals surface area contributed by atoms with Gasteiger partial charge in [0.2, 0.25) is 11.8 Å². The molecule has 0 radical (unpaired) electrons. The van der Waals surface area contributed by atoms with Crippen molar-refractivity contribution in [2.75, 3.05) is 33.4 Å². The number of aliphatic hydroxyl groups is 1. The number of benzene rings is 2. The van der Waals surface area contributed by atoms with Crippen molar-refractivity contribution >= 4 is 11.8 Å². The third kappa shape index (κ3) is 6.72. The number of aliphatic hydroxyl groups excluding tert-OH is 1. The topological polar surface area (TPSA) is 88.1 Å². The molecule has 0 spiro atoms. The molecule has 2 aromatic carbocycles. The summed E-state index contributed by atoms with van der Waals surface area (Å²) in [5.41, 5.74) is 0.708. The highest BCUT2D eigenvalue weighted by atomic mass is 16.5. The Morgan fingerprint density at radius 3 is 2.58 bits per heavy atom. The summed E-state index contributed by atoms with van der Waals surface area (Å²) in [7, 11) is 1.58. The van der Waals surface area contributed by atoms with E-state index >= 15 is 0 Å². The average molecular weight is 427 g/mol. The van der Waals surface area contributed by atoms with Gasteiger partial charge in [-0.3, -0.25) is 9.59 Å². The Balaban J connectivity index is 1.42. The molecule has 0 bridgehead atoms. The van der Waals surface area contributed by atoms with Crippen LogP contribution >= 0.6 is 0 Å². The zero-order valence-corrected chi connectivity index (χ0v) is 17.8. The standard InChI is InChI=1S/C24H30N2O5/c1-30-20-11-9-18(10-12-20)22(27)16-25-24(29)19-6-5-14-26(17-19)23(28)13-15-31-21-7-3-2-4-8-21/h2-4,7-12,19,22,27H,5-6,13-17H2,1H3,(H,25,29). The second-order valence-electron chi connectivity index (χ2n) is 7.62. The summed E-state index contributed by atoms with van der Waals surface area (Å²) in [6.45, 7) is 1.49. The molecule has 1 saturated heterocycles. The van der Waals surface area contributed by atoms with Gasteiger partial charge in [0.05, 0.1) is 32.2 Å². The van der Waals surface area contributed by atoms with Gasteiger partial charge in [0.15, 0.2) is 0 Å². The maximum Gasteiger partial charge on any atom is 0.226 e. The third-order valence-electron chi connectivity index (χ3n) is 5.44. The van der Waals surface area contributed by atoms with Gasteiger partial charge >= 0.3 is 0 Å². The first kappa shape index (κ1) is 22.6. The quantitative estimate of drug-likeness (QED) is 0.643. The van der Waals surface area contributed by atoms with Gasteiger partial charge in [-0.25, -0.2) is 0 Å². The summed E-state index contributed by atoms with van der Waals surface area (Å²) in [4.78, 5) is 26.9. The van der Waals surface area contributed by atoms with Crippen LogP contribution in [0.1, 0.15) is 30.9 Å². The van der Waals surface area contributed by atoms with E-state index in [1.165, 1.54) is 0 Å². The van der Waals surface area contributed by atoms with Gasteiger partial charge in [-0.05, 0) is 42.7 Å². The molecule has 7 nitrogen and oxygen atoms in total. The van der Waals surface area contributed by atoms with Gasteiger partial charge in [0.1, 0.15) is 11.5 Å². The van der Waals surface area contributed by atoms with Gasteiger partial charge in [-0.2, -0.15) is 0 Å². The van der Waals surface area contributed by atoms with E-state index < -0.39 is 6.10 Å². The Morgan fingerprint density at radius 2 is 1.87 bits per heavy atom. The number of piperidine rings is 1. The van der Waals surface area contributed by atoms with E-state index in [0.717, 1.165) is 18.6 Å². The van der Waals surface area contributed by atoms with E-state index in [-0.39, 0.29) is 30.7 Å². The highest BCUT2D eigenvalue weighted by Gasteiger charge is 2.28. The molecule has 1 fully saturated rings. The zero-order chi connectivity index (χ0) is 22.1. The number of amides is 2. The fourth-order valence-corrected chi connectivity index (χ4v) is 3.63. The number of likely N-dealkylation sites (tertiary alicyclic amines) is 1. The van der Waals surface area contributed by atoms with Crippen LogP contribution in [0.15, 0.2) is 54.6 Å². The van der Waals surface area contributed by atoms with Crippen molar-refractivity contribution in [2.45, 2.75) is 25.4 Å². The van der Waals surface area contributed by atoms with Crippen LogP contribution in [0.3, 0.4) is 0 Å². The van der Waals surface area contributed by atoms with E-state index in [9.17, 15) is 14.7 Å². The van der Waals surface area contributed by atoms with Crippen LogP contribution in [-0.2, 0) is 9.59 Å². The third-order valence-corrected chi connectivity index (χ3v) is 5.44. The van der Waals surface area contributed by atoms with Crippen LogP contribution in [0.25, 0.3) is 0 Å². The number of nitrogens with zero attached hydrogens (tertiary/aromatic N) is 1. The lowest BCUT2D eigenvalue weighted by atomic mass is 9.96. The molecule has 0 aliphatic carbocycles. The van der Waals surface area contributed by atoms with Crippen molar-refractivity contribution < 1.29 is 24.2 Å². The number of hydrogen-bond acceptors (Lipinski definition) is 5. The Kier molecular flexibility index (Phi) is 8.29. The summed E-state index contributed by atoms with van der Waals surface area (Å²) in [5.74, 6) is 1.04. The maximum absolute atomic E-state index is 12.6. The first-order valence-corrected chi connectivity index (χ1v) is 10.6. The summed E-state index contributed by atoms with van der Waals surface area (Å²) in [5, 5.41) is 13.1. The van der Waals surface area contributed by atoms with Crippen molar-refractivity contribution in [1.82, 2.24) is 10.2 Å². The molecule has 1 aliphatic heterocycles. The number of para-hydroxylation sites is 1. The number of nitrogens with one attached hydrogen (secondary N) is 1. The molecular formula is C24H30N2O5. The highest BCUT2D eigenvalue weighted by molar-refractivity contribution is 5.81. The predicted octanol–water partition coefficient (Wildman–Crippen LogP) is 2.55. The minimum absolute atomic E-state index is 0.00769. The van der Waals surface area contributed by atoms with E-state index in [4.69, 9.17) is 9.47 Å². The van der Waals surface area contributed by atoms with E-state index in [2.05, 4.69) is 5.32 Å². The molecule has 2 aromatic rings. The van der Waals surface area contributed by atoms with Crippen molar-refractivity contribution in [3.05, 3.63) is 60.2 Å². The minimum Gasteiger partial charge on any atom is -0.497 e. The predicted molar refractivity (Wildman–Crippen MR) is 117 cm³/mol. The molecule has 0 aromatic heterocycles. The van der Waals surface area contributed by atoms with Gasteiger partial charge < -0.3 is 24.8 Å². The van der Waals surface area contributed by atoms with E-state index in [0.29, 0.717) is 31.0 Å². The van der Waals surface area contributed by atoms with Crippen LogP contribution in [0, 0.1) is 5.92 Å². The first-order valence-electron chi connectivity index (χ1n) is 10.6. The lowest BCUT2D eigenvalue weighted by Gasteiger charge is -2.32. The number of carbonyl (C=O) groups excluding carboxylic acids is 2. The Bertz CT molecular complexity index is 841. The molecule has 2 atom stereocenters. The molecular weight excluding hydrogens is 396 g/mol. The zero-order valence-electron chi connectivity index (χ0n) is 17.8. The lowest BCUT2D eigenvalue weighted by molar-refractivity contribution is -0.136. The van der Waals surface area contributed by atoms with Gasteiger partial charge in [-0.1, -0.05) is 30.3 Å². The molecule has 3 rings (SSSR count). The monoisotopic (exact) mass is 426 g/mol. The smallest absolute Gasteiger partial charge is 0.226 e. The summed E-state index contributed by atoms with van der Waals surface area (Å²) in [6, 6.07) is 16.5. The van der Waals surface area contributed by atoms with Gasteiger partial charge in [-0.15, -0.1) is 0 Å². The number of hydrogen-bond donors (Lipinski definition) is 2. The molecule has 2 amide bonds. The maximum atomic E-state index is 12.6. The normalized spacial score (nSPS) is 17.0. The van der Waals surface area contributed by atoms with Crippen molar-refractivity contribution in [1.29, 1.82) is 0 Å². The van der Waals surface area contributed by atoms with Crippen molar-refractivity contribution in [3.8, 4) is 11.5 Å². The summed E-state index contributed by atoms with van der Waals surface area (Å²) in [6.07, 6.45) is 0.991. The molecule has 2 unspecified atom stereocenters. The van der Waals surface area contributed by atoms with E-state index in [1.54, 1.807) is 36.3 Å². The molecule has 1 aliphatic rings. The lowest BCUT2D eigenvalue weighted by Crippen LogP contribution is -2.46. The Morgan fingerprint density at radius 1 is 1.13 bits per heavy atom. The molecule has 31 heavy (non-hydrogen) atoms. The van der Waals surface area contributed by atoms with Gasteiger partial charge in [0.25, 0.3) is 0 Å². The van der Waals surface area contributed by atoms with Crippen molar-refractivity contribution in [3.63, 3.8) is 0 Å². The van der Waals surface area contributed by atoms with Crippen LogP contribution in [-0.4, -0.2) is 55.2 Å². The summed E-state index contributed by atoms with van der Waals surface area (Å²) >= 11 is 0. The average Bonchev–Trinajstić information content (AvgIpc) is 2.83. The SMILES string of the molecule is COc1ccc(C(O)CNC(=O)C2CCCN(C(=O)CCOc3ccccc3)C2)cc1. The molecule has 1 heterocycles. The second-order valence-corrected chi connectivity index (χ2v) is 7.62. The Hall–Kier alpha value is -3.06. The van der Waals surface area contributed by atoms with Crippen molar-refractivity contribution in [2.24, 2.45) is 5.92 Å². The highest BCUT2D eigenvalue weighted by Crippen LogP contribution is 2.20. The fourth-order valence-electron chi connectivity index (χ4n) is 3.63. The molecule has 7 heteroatoms. The molecule has 0 saturated carbocycles.